The van der Waals surface area contributed by atoms with Crippen molar-refractivity contribution in [3.63, 3.8) is 0 Å². The minimum absolute atomic E-state index is 0.0686. The van der Waals surface area contributed by atoms with Crippen molar-refractivity contribution in [1.29, 1.82) is 0 Å². The number of hydrogen-bond donors (Lipinski definition) is 1. The first kappa shape index (κ1) is 27.7. The molecule has 2 atom stereocenters. The molecule has 0 saturated heterocycles. The molecule has 0 aliphatic heterocycles. The van der Waals surface area contributed by atoms with Gasteiger partial charge in [-0.15, -0.1) is 0 Å². The van der Waals surface area contributed by atoms with Gasteiger partial charge >= 0.3 is 0 Å². The van der Waals surface area contributed by atoms with Crippen molar-refractivity contribution in [1.82, 2.24) is 0 Å². The van der Waals surface area contributed by atoms with Crippen LogP contribution < -0.4 is 10.4 Å². The molecule has 3 nitrogen and oxygen atoms in total. The molecule has 0 aliphatic rings. The Morgan fingerprint density at radius 3 is 1.67 bits per heavy atom. The minimum atomic E-state index is -2.57. The van der Waals surface area contributed by atoms with Gasteiger partial charge in [-0.3, -0.25) is 0 Å². The fourth-order valence-corrected chi connectivity index (χ4v) is 9.92. The van der Waals surface area contributed by atoms with Crippen LogP contribution in [0.3, 0.4) is 0 Å². The highest BCUT2D eigenvalue weighted by molar-refractivity contribution is 6.99. The maximum Gasteiger partial charge on any atom is 0.261 e. The van der Waals surface area contributed by atoms with Crippen LogP contribution in [0.15, 0.2) is 72.8 Å². The Bertz CT molecular complexity index is 841. The molecule has 2 aromatic carbocycles. The Morgan fingerprint density at radius 2 is 1.27 bits per heavy atom. The van der Waals surface area contributed by atoms with E-state index >= 15 is 0 Å². The van der Waals surface area contributed by atoms with E-state index in [0.29, 0.717) is 6.61 Å². The maximum absolute atomic E-state index is 10.7. The van der Waals surface area contributed by atoms with E-state index in [1.807, 2.05) is 19.1 Å². The van der Waals surface area contributed by atoms with Gasteiger partial charge in [-0.25, -0.2) is 0 Å². The lowest BCUT2D eigenvalue weighted by Gasteiger charge is -2.42. The third-order valence-electron chi connectivity index (χ3n) is 6.91. The molecule has 0 saturated carbocycles. The normalized spacial score (nSPS) is 15.6. The molecule has 0 spiro atoms. The highest BCUT2D eigenvalue weighted by atomic mass is 28.4. The molecule has 1 N–H and O–H groups in total. The van der Waals surface area contributed by atoms with Crippen molar-refractivity contribution in [2.24, 2.45) is 0 Å². The number of benzene rings is 2. The van der Waals surface area contributed by atoms with Crippen LogP contribution in [0.1, 0.15) is 48.5 Å². The Kier molecular flexibility index (Phi) is 9.10. The van der Waals surface area contributed by atoms with Crippen LogP contribution in [0.4, 0.5) is 0 Å². The molecule has 0 unspecified atom stereocenters. The van der Waals surface area contributed by atoms with E-state index in [-0.39, 0.29) is 16.2 Å². The molecule has 0 radical (unpaired) electrons. The van der Waals surface area contributed by atoms with E-state index in [0.717, 1.165) is 0 Å². The first-order chi connectivity index (χ1) is 15.2. The number of hydrogen-bond acceptors (Lipinski definition) is 3. The summed E-state index contributed by atoms with van der Waals surface area (Å²) in [6.07, 6.45) is 2.86. The van der Waals surface area contributed by atoms with Crippen molar-refractivity contribution in [2.45, 2.75) is 83.8 Å². The smallest absolute Gasteiger partial charge is 0.261 e. The van der Waals surface area contributed by atoms with Gasteiger partial charge in [0.05, 0.1) is 18.8 Å². The molecule has 0 aromatic heterocycles. The molecular weight excluding hydrogens is 440 g/mol. The van der Waals surface area contributed by atoms with Gasteiger partial charge < -0.3 is 14.0 Å². The van der Waals surface area contributed by atoms with E-state index in [2.05, 4.69) is 115 Å². The summed E-state index contributed by atoms with van der Waals surface area (Å²) in [5, 5.41) is 13.3. The van der Waals surface area contributed by atoms with Gasteiger partial charge in [0, 0.05) is 0 Å². The molecule has 0 bridgehead atoms. The van der Waals surface area contributed by atoms with Crippen molar-refractivity contribution in [2.75, 3.05) is 6.61 Å². The average Bonchev–Trinajstić information content (AvgIpc) is 2.73. The quantitative estimate of drug-likeness (QED) is 0.356. The van der Waals surface area contributed by atoms with E-state index < -0.39 is 22.7 Å². The molecule has 0 aliphatic carbocycles. The predicted molar refractivity (Wildman–Crippen MR) is 146 cm³/mol. The van der Waals surface area contributed by atoms with Crippen LogP contribution >= 0.6 is 0 Å². The fraction of sp³-hybridized carbons (Fsp3) is 0.500. The molecule has 5 heteroatoms. The third-order valence-corrected chi connectivity index (χ3v) is 16.5. The molecule has 2 rings (SSSR count). The van der Waals surface area contributed by atoms with Crippen molar-refractivity contribution in [3.05, 3.63) is 72.8 Å². The molecule has 0 heterocycles. The summed E-state index contributed by atoms with van der Waals surface area (Å²) in [4.78, 5) is 0. The van der Waals surface area contributed by atoms with Gasteiger partial charge in [0.25, 0.3) is 8.32 Å². The van der Waals surface area contributed by atoms with Crippen LogP contribution in [0.2, 0.25) is 23.2 Å². The number of aliphatic hydroxyl groups is 1. The topological polar surface area (TPSA) is 38.7 Å². The van der Waals surface area contributed by atoms with Crippen molar-refractivity contribution in [3.8, 4) is 0 Å². The third kappa shape index (κ3) is 6.55. The molecule has 33 heavy (non-hydrogen) atoms. The Balaban J connectivity index is 2.25. The van der Waals surface area contributed by atoms with Crippen LogP contribution in [-0.4, -0.2) is 40.6 Å². The second-order valence-corrected chi connectivity index (χ2v) is 20.5. The lowest BCUT2D eigenvalue weighted by atomic mass is 10.2. The Hall–Kier alpha value is -1.51. The molecule has 182 valence electrons. The van der Waals surface area contributed by atoms with Gasteiger partial charge in [-0.1, -0.05) is 114 Å². The molecule has 0 amide bonds. The summed E-state index contributed by atoms with van der Waals surface area (Å²) in [5.41, 5.74) is 0. The molecule has 0 fully saturated rings. The maximum atomic E-state index is 10.7. The number of rotatable bonds is 9. The van der Waals surface area contributed by atoms with Gasteiger partial charge in [-0.05, 0) is 40.5 Å². The second-order valence-electron chi connectivity index (χ2n) is 11.5. The standard InChI is InChI=1S/C28H44O3Si2/c1-23(31-32(8,9)27(2,3)4)26(29)21-16-22-30-33(28(5,6)7,24-17-12-10-13-18-24)25-19-14-11-15-20-25/h10-21,23,26,29H,22H2,1-9H3/b21-16+/t23-,26+/m0/s1. The summed E-state index contributed by atoms with van der Waals surface area (Å²) in [7, 11) is -4.51. The first-order valence-corrected chi connectivity index (χ1v) is 16.8. The zero-order chi connectivity index (χ0) is 24.9. The minimum Gasteiger partial charge on any atom is -0.411 e. The lowest BCUT2D eigenvalue weighted by molar-refractivity contribution is 0.0689. The fourth-order valence-electron chi connectivity index (χ4n) is 4.00. The number of aliphatic hydroxyl groups excluding tert-OH is 1. The molecule has 2 aromatic rings. The SMILES string of the molecule is C[C@H](O[Si](C)(C)C(C)(C)C)[C@H](O)/C=C/CO[Si](c1ccccc1)(c1ccccc1)C(C)(C)C. The van der Waals surface area contributed by atoms with Crippen LogP contribution in [-0.2, 0) is 8.85 Å². The van der Waals surface area contributed by atoms with E-state index in [1.54, 1.807) is 0 Å². The zero-order valence-corrected chi connectivity index (χ0v) is 24.1. The van der Waals surface area contributed by atoms with E-state index in [1.165, 1.54) is 10.4 Å². The summed E-state index contributed by atoms with van der Waals surface area (Å²) in [6.45, 7) is 20.3. The summed E-state index contributed by atoms with van der Waals surface area (Å²) >= 11 is 0. The highest BCUT2D eigenvalue weighted by Gasteiger charge is 2.49. The predicted octanol–water partition coefficient (Wildman–Crippen LogP) is 5.89. The first-order valence-electron chi connectivity index (χ1n) is 12.0. The van der Waals surface area contributed by atoms with Crippen molar-refractivity contribution >= 4 is 27.0 Å². The van der Waals surface area contributed by atoms with Crippen LogP contribution in [0.25, 0.3) is 0 Å². The van der Waals surface area contributed by atoms with Crippen LogP contribution in [0.5, 0.6) is 0 Å². The van der Waals surface area contributed by atoms with Crippen LogP contribution in [0, 0.1) is 0 Å². The largest absolute Gasteiger partial charge is 0.411 e. The zero-order valence-electron chi connectivity index (χ0n) is 22.1. The van der Waals surface area contributed by atoms with Gasteiger partial charge in [-0.2, -0.15) is 0 Å². The summed E-state index contributed by atoms with van der Waals surface area (Å²) in [5.74, 6) is 0. The molecular formula is C28H44O3Si2. The summed E-state index contributed by atoms with van der Waals surface area (Å²) in [6, 6.07) is 21.2. The van der Waals surface area contributed by atoms with E-state index in [9.17, 15) is 5.11 Å². The van der Waals surface area contributed by atoms with Gasteiger partial charge in [0.15, 0.2) is 8.32 Å². The Morgan fingerprint density at radius 1 is 0.818 bits per heavy atom. The van der Waals surface area contributed by atoms with Crippen molar-refractivity contribution < 1.29 is 14.0 Å². The van der Waals surface area contributed by atoms with Gasteiger partial charge in [0.1, 0.15) is 0 Å². The van der Waals surface area contributed by atoms with Gasteiger partial charge in [0.2, 0.25) is 0 Å². The monoisotopic (exact) mass is 484 g/mol. The Labute approximate surface area is 204 Å². The van der Waals surface area contributed by atoms with E-state index in [4.69, 9.17) is 8.85 Å². The lowest BCUT2D eigenvalue weighted by Crippen LogP contribution is -2.66. The second kappa shape index (κ2) is 10.8. The average molecular weight is 485 g/mol. The highest BCUT2D eigenvalue weighted by Crippen LogP contribution is 2.38. The summed E-state index contributed by atoms with van der Waals surface area (Å²) < 4.78 is 13.2.